The molecule has 18 heavy (non-hydrogen) atoms. The second-order valence-corrected chi connectivity index (χ2v) is 5.98. The van der Waals surface area contributed by atoms with E-state index in [1.54, 1.807) is 0 Å². The van der Waals surface area contributed by atoms with Crippen molar-refractivity contribution in [3.63, 3.8) is 0 Å². The molecule has 0 aliphatic heterocycles. The monoisotopic (exact) mass is 261 g/mol. The van der Waals surface area contributed by atoms with Crippen LogP contribution in [0, 0.1) is 25.2 Å². The molecule has 0 saturated heterocycles. The molecular formula is C14H17N2OS+. The highest BCUT2D eigenvalue weighted by molar-refractivity contribution is 8.00. The zero-order chi connectivity index (χ0) is 13.1. The number of aromatic nitrogens is 1. The third-order valence-electron chi connectivity index (χ3n) is 3.24. The highest BCUT2D eigenvalue weighted by Crippen LogP contribution is 2.31. The standard InChI is InChI=1S/C14H16N2OS/c1-9-7-10(2)16-14(11(9)8-15)18-13-6-4-3-5-12(13)17/h7,13H,3-6H2,1-2H3/p+1. The van der Waals surface area contributed by atoms with Crippen LogP contribution < -0.4 is 4.98 Å². The number of H-pyrrole nitrogens is 1. The average molecular weight is 261 g/mol. The van der Waals surface area contributed by atoms with E-state index < -0.39 is 0 Å². The van der Waals surface area contributed by atoms with Gasteiger partial charge in [-0.15, -0.1) is 0 Å². The van der Waals surface area contributed by atoms with Gasteiger partial charge in [-0.1, -0.05) is 6.42 Å². The van der Waals surface area contributed by atoms with E-state index >= 15 is 0 Å². The van der Waals surface area contributed by atoms with Crippen LogP contribution in [0.4, 0.5) is 0 Å². The van der Waals surface area contributed by atoms with Crippen LogP contribution in [0.1, 0.15) is 42.5 Å². The van der Waals surface area contributed by atoms with E-state index in [-0.39, 0.29) is 5.25 Å². The summed E-state index contributed by atoms with van der Waals surface area (Å²) in [4.78, 5) is 15.1. The molecule has 1 N–H and O–H groups in total. The maximum absolute atomic E-state index is 11.9. The highest BCUT2D eigenvalue weighted by Gasteiger charge is 2.27. The summed E-state index contributed by atoms with van der Waals surface area (Å²) in [5, 5.41) is 10.1. The van der Waals surface area contributed by atoms with Crippen LogP contribution in [-0.4, -0.2) is 11.0 Å². The van der Waals surface area contributed by atoms with Gasteiger partial charge >= 0.3 is 0 Å². The first kappa shape index (κ1) is 13.1. The number of carbonyl (C=O) groups excluding carboxylic acids is 1. The molecular weight excluding hydrogens is 244 g/mol. The van der Waals surface area contributed by atoms with E-state index in [1.165, 1.54) is 11.8 Å². The van der Waals surface area contributed by atoms with Gasteiger partial charge in [0.1, 0.15) is 17.4 Å². The van der Waals surface area contributed by atoms with E-state index in [0.717, 1.165) is 35.5 Å². The molecule has 0 spiro atoms. The summed E-state index contributed by atoms with van der Waals surface area (Å²) < 4.78 is 0. The van der Waals surface area contributed by atoms with Crippen LogP contribution in [0.15, 0.2) is 11.1 Å². The lowest BCUT2D eigenvalue weighted by molar-refractivity contribution is -0.435. The number of aryl methyl sites for hydroxylation is 2. The number of carbonyl (C=O) groups is 1. The minimum atomic E-state index is 0.0169. The predicted molar refractivity (Wildman–Crippen MR) is 70.3 cm³/mol. The first-order valence-corrected chi connectivity index (χ1v) is 7.13. The van der Waals surface area contributed by atoms with Crippen molar-refractivity contribution in [1.82, 2.24) is 0 Å². The summed E-state index contributed by atoms with van der Waals surface area (Å²) in [6, 6.07) is 4.20. The Kier molecular flexibility index (Phi) is 4.03. The Hall–Kier alpha value is -1.34. The van der Waals surface area contributed by atoms with Crippen LogP contribution in [0.3, 0.4) is 0 Å². The molecule has 1 aromatic heterocycles. The molecule has 1 aromatic rings. The molecule has 0 amide bonds. The van der Waals surface area contributed by atoms with Gasteiger partial charge < -0.3 is 0 Å². The summed E-state index contributed by atoms with van der Waals surface area (Å²) in [6.45, 7) is 3.91. The molecule has 0 radical (unpaired) electrons. The van der Waals surface area contributed by atoms with Crippen molar-refractivity contribution in [2.45, 2.75) is 49.8 Å². The molecule has 2 rings (SSSR count). The van der Waals surface area contributed by atoms with Crippen molar-refractivity contribution in [2.75, 3.05) is 0 Å². The molecule has 0 aromatic carbocycles. The van der Waals surface area contributed by atoms with Crippen LogP contribution >= 0.6 is 11.8 Å². The fourth-order valence-electron chi connectivity index (χ4n) is 2.30. The average Bonchev–Trinajstić information content (AvgIpc) is 2.31. The molecule has 1 aliphatic carbocycles. The summed E-state index contributed by atoms with van der Waals surface area (Å²) in [7, 11) is 0. The van der Waals surface area contributed by atoms with Gasteiger partial charge in [0.05, 0.1) is 5.25 Å². The largest absolute Gasteiger partial charge is 0.298 e. The molecule has 1 aliphatic rings. The number of pyridine rings is 1. The Morgan fingerprint density at radius 1 is 1.44 bits per heavy atom. The molecule has 1 unspecified atom stereocenters. The second-order valence-electron chi connectivity index (χ2n) is 4.77. The number of hydrogen-bond acceptors (Lipinski definition) is 3. The molecule has 0 bridgehead atoms. The van der Waals surface area contributed by atoms with Gasteiger partial charge in [0.25, 0.3) is 5.03 Å². The van der Waals surface area contributed by atoms with E-state index in [1.807, 2.05) is 19.9 Å². The lowest BCUT2D eigenvalue weighted by atomic mass is 9.99. The smallest absolute Gasteiger partial charge is 0.257 e. The molecule has 3 nitrogen and oxygen atoms in total. The van der Waals surface area contributed by atoms with Crippen LogP contribution in [0.2, 0.25) is 0 Å². The van der Waals surface area contributed by atoms with Crippen LogP contribution in [0.5, 0.6) is 0 Å². The highest BCUT2D eigenvalue weighted by atomic mass is 32.2. The minimum Gasteiger partial charge on any atom is -0.298 e. The van der Waals surface area contributed by atoms with Gasteiger partial charge in [-0.25, -0.2) is 4.98 Å². The lowest BCUT2D eigenvalue weighted by Gasteiger charge is -2.18. The number of nitrogens with zero attached hydrogens (tertiary/aromatic N) is 1. The van der Waals surface area contributed by atoms with Crippen molar-refractivity contribution in [3.05, 3.63) is 22.9 Å². The Morgan fingerprint density at radius 2 is 2.22 bits per heavy atom. The maximum Gasteiger partial charge on any atom is 0.257 e. The van der Waals surface area contributed by atoms with Crippen molar-refractivity contribution >= 4 is 17.5 Å². The van der Waals surface area contributed by atoms with Gasteiger partial charge in [0.2, 0.25) is 0 Å². The van der Waals surface area contributed by atoms with Gasteiger partial charge in [-0.3, -0.25) is 4.79 Å². The second kappa shape index (κ2) is 5.53. The van der Waals surface area contributed by atoms with Crippen LogP contribution in [0.25, 0.3) is 0 Å². The molecule has 1 heterocycles. The van der Waals surface area contributed by atoms with Crippen molar-refractivity contribution in [2.24, 2.45) is 0 Å². The minimum absolute atomic E-state index is 0.0169. The zero-order valence-corrected chi connectivity index (χ0v) is 11.6. The summed E-state index contributed by atoms with van der Waals surface area (Å²) >= 11 is 1.52. The number of Topliss-reactive ketones (excluding diaryl/α,β-unsaturated/α-hetero) is 1. The number of hydrogen-bond donors (Lipinski definition) is 0. The molecule has 94 valence electrons. The number of nitrogens with one attached hydrogen (secondary N) is 1. The number of ketones is 1. The molecule has 4 heteroatoms. The van der Waals surface area contributed by atoms with Crippen molar-refractivity contribution < 1.29 is 9.78 Å². The first-order valence-electron chi connectivity index (χ1n) is 6.25. The van der Waals surface area contributed by atoms with Gasteiger partial charge in [-0.2, -0.15) is 5.26 Å². The summed E-state index contributed by atoms with van der Waals surface area (Å²) in [5.74, 6) is 0.322. The zero-order valence-electron chi connectivity index (χ0n) is 10.7. The lowest BCUT2D eigenvalue weighted by Crippen LogP contribution is -2.24. The Balaban J connectivity index is 2.28. The van der Waals surface area contributed by atoms with Gasteiger partial charge in [-0.05, 0) is 37.1 Å². The number of rotatable bonds is 2. The van der Waals surface area contributed by atoms with Gasteiger partial charge in [0.15, 0.2) is 5.69 Å². The van der Waals surface area contributed by atoms with Crippen LogP contribution in [-0.2, 0) is 4.79 Å². The summed E-state index contributed by atoms with van der Waals surface area (Å²) in [5.41, 5.74) is 2.67. The van der Waals surface area contributed by atoms with E-state index in [9.17, 15) is 10.1 Å². The van der Waals surface area contributed by atoms with Crippen molar-refractivity contribution in [1.29, 1.82) is 5.26 Å². The Bertz CT molecular complexity index is 519. The fourth-order valence-corrected chi connectivity index (χ4v) is 3.66. The fraction of sp³-hybridized carbons (Fsp3) is 0.500. The number of aromatic amines is 1. The Morgan fingerprint density at radius 3 is 2.89 bits per heavy atom. The predicted octanol–water partition coefficient (Wildman–Crippen LogP) is 2.59. The maximum atomic E-state index is 11.9. The molecule has 1 saturated carbocycles. The van der Waals surface area contributed by atoms with E-state index in [0.29, 0.717) is 17.8 Å². The third-order valence-corrected chi connectivity index (χ3v) is 4.56. The van der Waals surface area contributed by atoms with E-state index in [2.05, 4.69) is 11.1 Å². The quantitative estimate of drug-likeness (QED) is 0.822. The molecule has 1 atom stereocenters. The Labute approximate surface area is 112 Å². The topological polar surface area (TPSA) is 55.0 Å². The first-order chi connectivity index (χ1) is 8.61. The normalized spacial score (nSPS) is 19.6. The van der Waals surface area contributed by atoms with E-state index in [4.69, 9.17) is 0 Å². The van der Waals surface area contributed by atoms with Gasteiger partial charge in [0, 0.05) is 19.4 Å². The molecule has 1 fully saturated rings. The third kappa shape index (κ3) is 2.73. The van der Waals surface area contributed by atoms with Crippen molar-refractivity contribution in [3.8, 4) is 6.07 Å². The number of nitriles is 1. The SMILES string of the molecule is Cc1cc(C)c(C#N)c(SC2CCCCC2=O)[nH+]1. The number of thioether (sulfide) groups is 1. The summed E-state index contributed by atoms with van der Waals surface area (Å²) in [6.07, 6.45) is 3.73.